The van der Waals surface area contributed by atoms with Gasteiger partial charge < -0.3 is 24.8 Å². The molecule has 4 aromatic rings. The third-order valence-corrected chi connectivity index (χ3v) is 9.01. The fourth-order valence-electron chi connectivity index (χ4n) is 6.07. The highest BCUT2D eigenvalue weighted by Crippen LogP contribution is 2.39. The lowest BCUT2D eigenvalue weighted by molar-refractivity contribution is 0.0949. The maximum absolute atomic E-state index is 13.6. The minimum atomic E-state index is -0.336. The van der Waals surface area contributed by atoms with Crippen molar-refractivity contribution in [2.45, 2.75) is 25.4 Å². The number of rotatable bonds is 7. The molecule has 0 aliphatic carbocycles. The van der Waals surface area contributed by atoms with Crippen LogP contribution in [0.4, 0.5) is 11.4 Å². The lowest BCUT2D eigenvalue weighted by Crippen LogP contribution is -2.47. The minimum Gasteiger partial charge on any atom is -0.497 e. The number of benzene rings is 3. The molecule has 43 heavy (non-hydrogen) atoms. The Morgan fingerprint density at radius 3 is 2.63 bits per heavy atom. The summed E-state index contributed by atoms with van der Waals surface area (Å²) >= 11 is 9.58. The predicted octanol–water partition coefficient (Wildman–Crippen LogP) is 6.08. The van der Waals surface area contributed by atoms with Crippen molar-refractivity contribution in [3.8, 4) is 5.75 Å². The number of hydrogen-bond donors (Lipinski definition) is 2. The van der Waals surface area contributed by atoms with Gasteiger partial charge in [-0.05, 0) is 88.4 Å². The third-order valence-electron chi connectivity index (χ3n) is 8.09. The van der Waals surface area contributed by atoms with E-state index in [-0.39, 0.29) is 29.2 Å². The molecule has 220 valence electrons. The Morgan fingerprint density at radius 1 is 0.977 bits per heavy atom. The molecule has 2 bridgehead atoms. The minimum absolute atomic E-state index is 0.0330. The summed E-state index contributed by atoms with van der Waals surface area (Å²) in [7, 11) is 1.55. The monoisotopic (exact) mass is 660 g/mol. The molecule has 2 aliphatic heterocycles. The van der Waals surface area contributed by atoms with Crippen molar-refractivity contribution in [1.82, 2.24) is 9.88 Å². The van der Waals surface area contributed by atoms with Crippen molar-refractivity contribution in [1.29, 1.82) is 0 Å². The fourth-order valence-corrected chi connectivity index (χ4v) is 6.71. The summed E-state index contributed by atoms with van der Waals surface area (Å²) in [6.07, 6.45) is 1.00. The average Bonchev–Trinajstić information content (AvgIpc) is 3.00. The number of anilines is 2. The highest BCUT2D eigenvalue weighted by Gasteiger charge is 2.35. The van der Waals surface area contributed by atoms with E-state index in [4.69, 9.17) is 16.3 Å². The van der Waals surface area contributed by atoms with E-state index in [1.165, 1.54) is 0 Å². The van der Waals surface area contributed by atoms with Crippen molar-refractivity contribution in [3.63, 3.8) is 0 Å². The molecule has 3 heterocycles. The van der Waals surface area contributed by atoms with E-state index in [9.17, 15) is 14.4 Å². The number of fused-ring (bicyclic) bond motifs is 4. The molecule has 3 aromatic carbocycles. The largest absolute Gasteiger partial charge is 0.497 e. The maximum Gasteiger partial charge on any atom is 0.257 e. The Kier molecular flexibility index (Phi) is 8.27. The molecule has 2 amide bonds. The predicted molar refractivity (Wildman–Crippen MR) is 171 cm³/mol. The zero-order chi connectivity index (χ0) is 30.1. The van der Waals surface area contributed by atoms with Crippen LogP contribution in [-0.2, 0) is 13.1 Å². The molecule has 1 fully saturated rings. The van der Waals surface area contributed by atoms with E-state index in [1.54, 1.807) is 49.6 Å². The number of amides is 2. The summed E-state index contributed by atoms with van der Waals surface area (Å²) in [4.78, 5) is 41.6. The van der Waals surface area contributed by atoms with Gasteiger partial charge in [-0.3, -0.25) is 14.4 Å². The first-order valence-electron chi connectivity index (χ1n) is 14.1. The number of hydrogen-bond acceptors (Lipinski definition) is 5. The number of pyridine rings is 1. The molecular weight excluding hydrogens is 632 g/mol. The van der Waals surface area contributed by atoms with E-state index in [0.29, 0.717) is 51.7 Å². The molecule has 1 saturated heterocycles. The second-order valence-corrected chi connectivity index (χ2v) is 12.2. The normalized spacial score (nSPS) is 17.1. The maximum atomic E-state index is 13.6. The number of carbonyl (C=O) groups excluding carboxylic acids is 2. The van der Waals surface area contributed by atoms with Crippen molar-refractivity contribution < 1.29 is 14.3 Å². The molecule has 0 spiro atoms. The first kappa shape index (κ1) is 29.0. The highest BCUT2D eigenvalue weighted by atomic mass is 79.9. The molecule has 2 atom stereocenters. The van der Waals surface area contributed by atoms with E-state index < -0.39 is 0 Å². The second-order valence-electron chi connectivity index (χ2n) is 10.9. The topological polar surface area (TPSA) is 92.7 Å². The van der Waals surface area contributed by atoms with Gasteiger partial charge in [0.25, 0.3) is 17.4 Å². The Morgan fingerprint density at radius 2 is 1.81 bits per heavy atom. The van der Waals surface area contributed by atoms with Gasteiger partial charge in [-0.15, -0.1) is 0 Å². The van der Waals surface area contributed by atoms with Gasteiger partial charge in [0.05, 0.1) is 24.0 Å². The SMILES string of the molecule is COc1ccc(Br)c(C(=O)Nc2cc(C(=O)NCc3cccc(Cl)c3)ccc2N2C[C@H]3C[C@@H](C2)c2cccc(=O)n2C3)c1. The number of ether oxygens (including phenoxy) is 1. The van der Waals surface area contributed by atoms with Crippen LogP contribution < -0.4 is 25.8 Å². The summed E-state index contributed by atoms with van der Waals surface area (Å²) in [6, 6.07) is 23.4. The average molecular weight is 662 g/mol. The molecule has 1 aromatic heterocycles. The van der Waals surface area contributed by atoms with Crippen molar-refractivity contribution in [2.75, 3.05) is 30.4 Å². The van der Waals surface area contributed by atoms with Crippen LogP contribution in [-0.4, -0.2) is 36.6 Å². The van der Waals surface area contributed by atoms with Crippen LogP contribution in [0.3, 0.4) is 0 Å². The second kappa shape index (κ2) is 12.3. The van der Waals surface area contributed by atoms with Gasteiger partial charge in [-0.1, -0.05) is 29.8 Å². The van der Waals surface area contributed by atoms with Gasteiger partial charge in [-0.25, -0.2) is 0 Å². The van der Waals surface area contributed by atoms with Gasteiger partial charge >= 0.3 is 0 Å². The number of piperidine rings is 1. The zero-order valence-corrected chi connectivity index (χ0v) is 25.8. The molecule has 2 N–H and O–H groups in total. The van der Waals surface area contributed by atoms with Gasteiger partial charge in [-0.2, -0.15) is 0 Å². The van der Waals surface area contributed by atoms with Gasteiger partial charge in [0, 0.05) is 58.9 Å². The molecule has 0 radical (unpaired) electrons. The number of nitrogens with zero attached hydrogens (tertiary/aromatic N) is 2. The Bertz CT molecular complexity index is 1770. The van der Waals surface area contributed by atoms with Crippen molar-refractivity contribution in [2.24, 2.45) is 5.92 Å². The summed E-state index contributed by atoms with van der Waals surface area (Å²) in [5, 5.41) is 6.61. The van der Waals surface area contributed by atoms with Gasteiger partial charge in [0.15, 0.2) is 0 Å². The molecule has 0 saturated carbocycles. The Balaban J connectivity index is 1.31. The number of aromatic nitrogens is 1. The number of nitrogens with one attached hydrogen (secondary N) is 2. The van der Waals surface area contributed by atoms with Crippen LogP contribution in [0.2, 0.25) is 5.02 Å². The Hall–Kier alpha value is -4.08. The van der Waals surface area contributed by atoms with Gasteiger partial charge in [0.2, 0.25) is 0 Å². The number of methoxy groups -OCH3 is 1. The Labute approximate surface area is 262 Å². The zero-order valence-electron chi connectivity index (χ0n) is 23.5. The fraction of sp³-hybridized carbons (Fsp3) is 0.242. The summed E-state index contributed by atoms with van der Waals surface area (Å²) in [6.45, 7) is 2.38. The van der Waals surface area contributed by atoms with Crippen LogP contribution in [0.25, 0.3) is 0 Å². The standard InChI is InChI=1S/C33H30BrClN4O4/c1-43-25-9-10-27(34)26(15-25)33(42)37-28-14-22(32(41)36-16-20-4-2-5-24(35)13-20)8-11-30(28)38-17-21-12-23(19-38)29-6-3-7-31(40)39(29)18-21/h2-11,13-15,21,23H,12,16-19H2,1H3,(H,36,41)(H,37,42)/t21-,23+/m1/s1. The van der Waals surface area contributed by atoms with Crippen molar-refractivity contribution in [3.05, 3.63) is 121 Å². The number of halogens is 2. The van der Waals surface area contributed by atoms with E-state index >= 15 is 0 Å². The summed E-state index contributed by atoms with van der Waals surface area (Å²) in [5.41, 5.74) is 4.13. The van der Waals surface area contributed by atoms with Crippen molar-refractivity contribution >= 4 is 50.7 Å². The first-order valence-corrected chi connectivity index (χ1v) is 15.2. The smallest absolute Gasteiger partial charge is 0.257 e. The first-order chi connectivity index (χ1) is 20.8. The molecule has 8 nitrogen and oxygen atoms in total. The summed E-state index contributed by atoms with van der Waals surface area (Å²) < 4.78 is 7.85. The molecule has 0 unspecified atom stereocenters. The number of carbonyl (C=O) groups is 2. The molecule has 2 aliphatic rings. The van der Waals surface area contributed by atoms with E-state index in [1.807, 2.05) is 41.0 Å². The van der Waals surface area contributed by atoms with Crippen LogP contribution in [0, 0.1) is 5.92 Å². The third kappa shape index (κ3) is 6.19. The highest BCUT2D eigenvalue weighted by molar-refractivity contribution is 9.10. The van der Waals surface area contributed by atoms with E-state index in [2.05, 4.69) is 31.5 Å². The van der Waals surface area contributed by atoms with Gasteiger partial charge in [0.1, 0.15) is 5.75 Å². The molecule has 6 rings (SSSR count). The lowest BCUT2D eigenvalue weighted by Gasteiger charge is -2.44. The molecular formula is C33H30BrClN4O4. The molecule has 10 heteroatoms. The lowest BCUT2D eigenvalue weighted by atomic mass is 9.83. The van der Waals surface area contributed by atoms with Crippen LogP contribution in [0.5, 0.6) is 5.75 Å². The quantitative estimate of drug-likeness (QED) is 0.251. The van der Waals surface area contributed by atoms with Crippen LogP contribution >= 0.6 is 27.5 Å². The van der Waals surface area contributed by atoms with Crippen LogP contribution in [0.15, 0.2) is 88.1 Å². The van der Waals surface area contributed by atoms with E-state index in [0.717, 1.165) is 29.9 Å². The van der Waals surface area contributed by atoms with Crippen LogP contribution in [0.1, 0.15) is 44.3 Å². The summed E-state index contributed by atoms with van der Waals surface area (Å²) in [5.74, 6) is 0.410.